The minimum absolute atomic E-state index is 0.0818. The lowest BCUT2D eigenvalue weighted by atomic mass is 10.2. The number of sulfonamides is 1. The Morgan fingerprint density at radius 3 is 2.10 bits per heavy atom. The molecule has 0 spiro atoms. The van der Waals surface area contributed by atoms with Crippen molar-refractivity contribution in [3.63, 3.8) is 0 Å². The summed E-state index contributed by atoms with van der Waals surface area (Å²) < 4.78 is 28.4. The number of nitrogens with one attached hydrogen (secondary N) is 2. The molecule has 2 N–H and O–H groups in total. The van der Waals surface area contributed by atoms with Gasteiger partial charge in [-0.05, 0) is 54.6 Å². The van der Waals surface area contributed by atoms with Gasteiger partial charge in [0.25, 0.3) is 10.0 Å². The lowest BCUT2D eigenvalue weighted by Gasteiger charge is -2.24. The zero-order chi connectivity index (χ0) is 22.4. The zero-order valence-corrected chi connectivity index (χ0v) is 19.0. The molecule has 3 aromatic carbocycles. The first kappa shape index (κ1) is 22.5. The van der Waals surface area contributed by atoms with Crippen LogP contribution in [-0.2, 0) is 19.6 Å². The van der Waals surface area contributed by atoms with Crippen molar-refractivity contribution in [1.82, 2.24) is 0 Å². The van der Waals surface area contributed by atoms with Gasteiger partial charge in [-0.1, -0.05) is 40.2 Å². The van der Waals surface area contributed by atoms with Gasteiger partial charge in [0, 0.05) is 22.8 Å². The van der Waals surface area contributed by atoms with E-state index in [1.54, 1.807) is 66.7 Å². The summed E-state index contributed by atoms with van der Waals surface area (Å²) in [5.41, 5.74) is 1.31. The maximum atomic E-state index is 13.3. The van der Waals surface area contributed by atoms with Crippen LogP contribution in [0.15, 0.2) is 88.2 Å². The van der Waals surface area contributed by atoms with E-state index in [1.807, 2.05) is 0 Å². The molecule has 0 bridgehead atoms. The Bertz CT molecular complexity index is 1180. The van der Waals surface area contributed by atoms with E-state index >= 15 is 0 Å². The van der Waals surface area contributed by atoms with Crippen LogP contribution in [0.3, 0.4) is 0 Å². The third-order valence-electron chi connectivity index (χ3n) is 4.20. The highest BCUT2D eigenvalue weighted by Crippen LogP contribution is 2.25. The van der Waals surface area contributed by atoms with Crippen molar-refractivity contribution >= 4 is 54.8 Å². The topological polar surface area (TPSA) is 95.6 Å². The van der Waals surface area contributed by atoms with Crippen LogP contribution in [0.5, 0.6) is 0 Å². The summed E-state index contributed by atoms with van der Waals surface area (Å²) in [6, 6.07) is 21.2. The molecule has 2 amide bonds. The molecule has 0 unspecified atom stereocenters. The Morgan fingerprint density at radius 2 is 1.48 bits per heavy atom. The van der Waals surface area contributed by atoms with Crippen LogP contribution < -0.4 is 14.9 Å². The summed E-state index contributed by atoms with van der Waals surface area (Å²) in [5, 5.41) is 5.32. The van der Waals surface area contributed by atoms with Crippen molar-refractivity contribution in [3.8, 4) is 0 Å². The largest absolute Gasteiger partial charge is 0.326 e. The number of carbonyl (C=O) groups is 2. The molecule has 0 aliphatic heterocycles. The number of carbonyl (C=O) groups excluding carboxylic acids is 2. The quantitative estimate of drug-likeness (QED) is 0.505. The van der Waals surface area contributed by atoms with E-state index in [-0.39, 0.29) is 10.8 Å². The Labute approximate surface area is 189 Å². The molecule has 0 aromatic heterocycles. The molecule has 7 nitrogen and oxygen atoms in total. The number of anilines is 3. The molecule has 0 aliphatic rings. The minimum atomic E-state index is -3.98. The van der Waals surface area contributed by atoms with Gasteiger partial charge in [0.2, 0.25) is 11.8 Å². The van der Waals surface area contributed by atoms with Crippen LogP contribution in [0.2, 0.25) is 0 Å². The SMILES string of the molecule is CC(=O)Nc1cccc(NC(=O)CN(c2ccc(Br)cc2)S(=O)(=O)c2ccccc2)c1. The summed E-state index contributed by atoms with van der Waals surface area (Å²) in [4.78, 5) is 24.1. The van der Waals surface area contributed by atoms with Crippen LogP contribution in [0, 0.1) is 0 Å². The van der Waals surface area contributed by atoms with Gasteiger partial charge in [0.15, 0.2) is 0 Å². The van der Waals surface area contributed by atoms with Gasteiger partial charge in [-0.3, -0.25) is 13.9 Å². The summed E-state index contributed by atoms with van der Waals surface area (Å²) >= 11 is 3.33. The lowest BCUT2D eigenvalue weighted by Crippen LogP contribution is -2.38. The van der Waals surface area contributed by atoms with Gasteiger partial charge >= 0.3 is 0 Å². The Hall–Kier alpha value is -3.17. The molecule has 3 rings (SSSR count). The van der Waals surface area contributed by atoms with Gasteiger partial charge in [-0.25, -0.2) is 8.42 Å². The van der Waals surface area contributed by atoms with Gasteiger partial charge in [0.05, 0.1) is 10.6 Å². The van der Waals surface area contributed by atoms with E-state index in [9.17, 15) is 18.0 Å². The molecular weight excluding hydrogens is 482 g/mol. The number of hydrogen-bond acceptors (Lipinski definition) is 4. The van der Waals surface area contributed by atoms with E-state index in [0.717, 1.165) is 8.78 Å². The van der Waals surface area contributed by atoms with Crippen LogP contribution in [0.25, 0.3) is 0 Å². The minimum Gasteiger partial charge on any atom is -0.326 e. The van der Waals surface area contributed by atoms with Crippen molar-refractivity contribution in [1.29, 1.82) is 0 Å². The first-order chi connectivity index (χ1) is 14.8. The fourth-order valence-corrected chi connectivity index (χ4v) is 4.56. The summed E-state index contributed by atoms with van der Waals surface area (Å²) in [6.45, 7) is 0.957. The highest BCUT2D eigenvalue weighted by molar-refractivity contribution is 9.10. The second-order valence-corrected chi connectivity index (χ2v) is 9.39. The molecule has 0 saturated heterocycles. The number of amides is 2. The monoisotopic (exact) mass is 501 g/mol. The van der Waals surface area contributed by atoms with Gasteiger partial charge in [-0.15, -0.1) is 0 Å². The third kappa shape index (κ3) is 5.93. The highest BCUT2D eigenvalue weighted by Gasteiger charge is 2.27. The second kappa shape index (κ2) is 9.76. The Balaban J connectivity index is 1.88. The van der Waals surface area contributed by atoms with E-state index in [4.69, 9.17) is 0 Å². The standard InChI is InChI=1S/C22H20BrN3O4S/c1-16(27)24-18-6-5-7-19(14-18)25-22(28)15-26(20-12-10-17(23)11-13-20)31(29,30)21-8-3-2-4-9-21/h2-14H,15H2,1H3,(H,24,27)(H,25,28). The van der Waals surface area contributed by atoms with Gasteiger partial charge in [-0.2, -0.15) is 0 Å². The molecular formula is C22H20BrN3O4S. The Morgan fingerprint density at radius 1 is 0.871 bits per heavy atom. The number of rotatable bonds is 7. The summed E-state index contributed by atoms with van der Waals surface area (Å²) in [5.74, 6) is -0.763. The molecule has 9 heteroatoms. The molecule has 0 radical (unpaired) electrons. The predicted molar refractivity (Wildman–Crippen MR) is 124 cm³/mol. The third-order valence-corrected chi connectivity index (χ3v) is 6.52. The van der Waals surface area contributed by atoms with Crippen LogP contribution >= 0.6 is 15.9 Å². The van der Waals surface area contributed by atoms with Crippen molar-refractivity contribution in [3.05, 3.63) is 83.3 Å². The van der Waals surface area contributed by atoms with Crippen molar-refractivity contribution in [2.24, 2.45) is 0 Å². The maximum absolute atomic E-state index is 13.3. The lowest BCUT2D eigenvalue weighted by molar-refractivity contribution is -0.115. The Kier molecular flexibility index (Phi) is 7.09. The number of nitrogens with zero attached hydrogens (tertiary/aromatic N) is 1. The van der Waals surface area contributed by atoms with Crippen LogP contribution in [0.4, 0.5) is 17.1 Å². The van der Waals surface area contributed by atoms with E-state index in [1.165, 1.54) is 19.1 Å². The van der Waals surface area contributed by atoms with Crippen molar-refractivity contribution in [2.75, 3.05) is 21.5 Å². The first-order valence-electron chi connectivity index (χ1n) is 9.26. The number of halogens is 1. The molecule has 0 saturated carbocycles. The van der Waals surface area contributed by atoms with Gasteiger partial charge in [0.1, 0.15) is 6.54 Å². The fourth-order valence-electron chi connectivity index (χ4n) is 2.85. The number of benzene rings is 3. The van der Waals surface area contributed by atoms with Crippen molar-refractivity contribution < 1.29 is 18.0 Å². The van der Waals surface area contributed by atoms with E-state index in [0.29, 0.717) is 17.1 Å². The molecule has 3 aromatic rings. The average molecular weight is 502 g/mol. The second-order valence-electron chi connectivity index (χ2n) is 6.61. The highest BCUT2D eigenvalue weighted by atomic mass is 79.9. The molecule has 0 fully saturated rings. The molecule has 31 heavy (non-hydrogen) atoms. The fraction of sp³-hybridized carbons (Fsp3) is 0.0909. The zero-order valence-electron chi connectivity index (χ0n) is 16.6. The van der Waals surface area contributed by atoms with E-state index in [2.05, 4.69) is 26.6 Å². The predicted octanol–water partition coefficient (Wildman–Crippen LogP) is 4.24. The molecule has 160 valence electrons. The molecule has 0 aliphatic carbocycles. The van der Waals surface area contributed by atoms with Crippen LogP contribution in [0.1, 0.15) is 6.92 Å². The smallest absolute Gasteiger partial charge is 0.264 e. The summed E-state index contributed by atoms with van der Waals surface area (Å²) in [6.07, 6.45) is 0. The molecule has 0 atom stereocenters. The van der Waals surface area contributed by atoms with E-state index < -0.39 is 22.5 Å². The maximum Gasteiger partial charge on any atom is 0.264 e. The normalized spacial score (nSPS) is 10.9. The number of hydrogen-bond donors (Lipinski definition) is 2. The summed E-state index contributed by atoms with van der Waals surface area (Å²) in [7, 11) is -3.98. The van der Waals surface area contributed by atoms with Crippen LogP contribution in [-0.4, -0.2) is 26.8 Å². The molecule has 0 heterocycles. The van der Waals surface area contributed by atoms with Gasteiger partial charge < -0.3 is 10.6 Å². The first-order valence-corrected chi connectivity index (χ1v) is 11.5. The average Bonchev–Trinajstić information content (AvgIpc) is 2.73. The van der Waals surface area contributed by atoms with Crippen molar-refractivity contribution in [2.45, 2.75) is 11.8 Å².